The second kappa shape index (κ2) is 8.36. The van der Waals surface area contributed by atoms with Gasteiger partial charge in [-0.25, -0.2) is 0 Å². The van der Waals surface area contributed by atoms with Gasteiger partial charge in [-0.1, -0.05) is 39.5 Å². The first-order chi connectivity index (χ1) is 7.02. The van der Waals surface area contributed by atoms with Crippen molar-refractivity contribution in [2.24, 2.45) is 0 Å². The zero-order valence-corrected chi connectivity index (χ0v) is 11.3. The molecule has 0 aliphatic heterocycles. The van der Waals surface area contributed by atoms with Crippen molar-refractivity contribution in [3.63, 3.8) is 0 Å². The zero-order valence-electron chi connectivity index (χ0n) is 9.71. The van der Waals surface area contributed by atoms with E-state index in [0.29, 0.717) is 13.1 Å². The van der Waals surface area contributed by atoms with Gasteiger partial charge in [0.2, 0.25) is 0 Å². The van der Waals surface area contributed by atoms with Crippen molar-refractivity contribution in [3.05, 3.63) is 0 Å². The maximum atomic E-state index is 11.2. The molecule has 5 heteroatoms. The fourth-order valence-electron chi connectivity index (χ4n) is 1.38. The Labute approximate surface area is 98.4 Å². The van der Waals surface area contributed by atoms with Crippen LogP contribution < -0.4 is 0 Å². The Morgan fingerprint density at radius 2 is 1.47 bits per heavy atom. The summed E-state index contributed by atoms with van der Waals surface area (Å²) >= 11 is 0. The highest BCUT2D eigenvalue weighted by Gasteiger charge is 2.17. The minimum Gasteiger partial charge on any atom is -0.195 e. The summed E-state index contributed by atoms with van der Waals surface area (Å²) in [5.41, 5.74) is 0. The van der Waals surface area contributed by atoms with E-state index in [4.69, 9.17) is 10.7 Å². The Balaban J connectivity index is 3.92. The summed E-state index contributed by atoms with van der Waals surface area (Å²) in [6, 6.07) is 0. The molecule has 0 aliphatic rings. The van der Waals surface area contributed by atoms with Crippen LogP contribution in [0.25, 0.3) is 0 Å². The monoisotopic (exact) mass is 255 g/mol. The van der Waals surface area contributed by atoms with Crippen LogP contribution in [-0.4, -0.2) is 25.8 Å². The SMILES string of the molecule is CCCCCCN(CCCC)S(=O)(=O)Cl. The lowest BCUT2D eigenvalue weighted by atomic mass is 10.2. The molecule has 0 saturated heterocycles. The predicted molar refractivity (Wildman–Crippen MR) is 65.4 cm³/mol. The van der Waals surface area contributed by atoms with Crippen molar-refractivity contribution < 1.29 is 8.42 Å². The average Bonchev–Trinajstić information content (AvgIpc) is 2.15. The van der Waals surface area contributed by atoms with Gasteiger partial charge in [0.15, 0.2) is 0 Å². The number of halogens is 1. The highest BCUT2D eigenvalue weighted by molar-refractivity contribution is 8.11. The molecule has 0 aromatic rings. The van der Waals surface area contributed by atoms with Gasteiger partial charge in [-0.2, -0.15) is 12.7 Å². The molecule has 0 aliphatic carbocycles. The highest BCUT2D eigenvalue weighted by atomic mass is 35.7. The molecule has 0 spiro atoms. The van der Waals surface area contributed by atoms with Crippen LogP contribution in [0.5, 0.6) is 0 Å². The second-order valence-corrected chi connectivity index (χ2v) is 6.27. The molecule has 0 aromatic carbocycles. The minimum atomic E-state index is -3.52. The lowest BCUT2D eigenvalue weighted by molar-refractivity contribution is 0.399. The normalized spacial score (nSPS) is 12.3. The molecule has 0 rings (SSSR count). The van der Waals surface area contributed by atoms with Gasteiger partial charge in [-0.3, -0.25) is 0 Å². The molecule has 0 N–H and O–H groups in total. The summed E-state index contributed by atoms with van der Waals surface area (Å²) in [7, 11) is 1.83. The van der Waals surface area contributed by atoms with Crippen molar-refractivity contribution in [2.75, 3.05) is 13.1 Å². The largest absolute Gasteiger partial charge is 0.299 e. The van der Waals surface area contributed by atoms with E-state index in [2.05, 4.69) is 6.92 Å². The number of hydrogen-bond donors (Lipinski definition) is 0. The summed E-state index contributed by atoms with van der Waals surface area (Å²) in [4.78, 5) is 0. The number of nitrogens with zero attached hydrogens (tertiary/aromatic N) is 1. The van der Waals surface area contributed by atoms with Crippen molar-refractivity contribution in [1.82, 2.24) is 4.31 Å². The predicted octanol–water partition coefficient (Wildman–Crippen LogP) is 3.15. The van der Waals surface area contributed by atoms with Gasteiger partial charge >= 0.3 is 0 Å². The van der Waals surface area contributed by atoms with Gasteiger partial charge in [0.25, 0.3) is 9.24 Å². The van der Waals surface area contributed by atoms with Gasteiger partial charge < -0.3 is 0 Å². The highest BCUT2D eigenvalue weighted by Crippen LogP contribution is 2.10. The first-order valence-electron chi connectivity index (χ1n) is 5.72. The van der Waals surface area contributed by atoms with Gasteiger partial charge in [-0.05, 0) is 12.8 Å². The van der Waals surface area contributed by atoms with E-state index in [1.165, 1.54) is 4.31 Å². The lowest BCUT2D eigenvalue weighted by Crippen LogP contribution is -2.29. The maximum Gasteiger partial charge on any atom is 0.299 e. The van der Waals surface area contributed by atoms with Gasteiger partial charge in [0, 0.05) is 23.8 Å². The molecule has 0 fully saturated rings. The Morgan fingerprint density at radius 1 is 0.933 bits per heavy atom. The third-order valence-corrected chi connectivity index (χ3v) is 3.90. The molecule has 0 atom stereocenters. The van der Waals surface area contributed by atoms with E-state index in [9.17, 15) is 8.42 Å². The van der Waals surface area contributed by atoms with Gasteiger partial charge in [0.1, 0.15) is 0 Å². The fourth-order valence-corrected chi connectivity index (χ4v) is 2.49. The summed E-state index contributed by atoms with van der Waals surface area (Å²) in [5.74, 6) is 0. The molecular formula is C10H22ClNO2S. The number of rotatable bonds is 9. The van der Waals surface area contributed by atoms with Crippen molar-refractivity contribution >= 4 is 19.9 Å². The first kappa shape index (κ1) is 15.2. The van der Waals surface area contributed by atoms with Crippen LogP contribution in [0.1, 0.15) is 52.4 Å². The van der Waals surface area contributed by atoms with Gasteiger partial charge in [-0.15, -0.1) is 0 Å². The van der Waals surface area contributed by atoms with Crippen LogP contribution in [0.15, 0.2) is 0 Å². The van der Waals surface area contributed by atoms with Crippen molar-refractivity contribution in [2.45, 2.75) is 52.4 Å². The summed E-state index contributed by atoms with van der Waals surface area (Å²) < 4.78 is 23.8. The van der Waals surface area contributed by atoms with E-state index >= 15 is 0 Å². The number of hydrogen-bond acceptors (Lipinski definition) is 2. The van der Waals surface area contributed by atoms with Crippen LogP contribution >= 0.6 is 10.7 Å². The van der Waals surface area contributed by atoms with Crippen LogP contribution in [-0.2, 0) is 9.24 Å². The maximum absolute atomic E-state index is 11.2. The smallest absolute Gasteiger partial charge is 0.195 e. The van der Waals surface area contributed by atoms with Crippen LogP contribution in [0.2, 0.25) is 0 Å². The first-order valence-corrected chi connectivity index (χ1v) is 7.98. The van der Waals surface area contributed by atoms with E-state index in [0.717, 1.165) is 38.5 Å². The average molecular weight is 256 g/mol. The lowest BCUT2D eigenvalue weighted by Gasteiger charge is -2.17. The molecular weight excluding hydrogens is 234 g/mol. The van der Waals surface area contributed by atoms with E-state index < -0.39 is 9.24 Å². The third kappa shape index (κ3) is 8.05. The molecule has 0 unspecified atom stereocenters. The van der Waals surface area contributed by atoms with Gasteiger partial charge in [0.05, 0.1) is 0 Å². The van der Waals surface area contributed by atoms with Crippen LogP contribution in [0.4, 0.5) is 0 Å². The van der Waals surface area contributed by atoms with Crippen molar-refractivity contribution in [3.8, 4) is 0 Å². The molecule has 0 heterocycles. The molecule has 0 radical (unpaired) electrons. The topological polar surface area (TPSA) is 37.4 Å². The quantitative estimate of drug-likeness (QED) is 0.469. The van der Waals surface area contributed by atoms with Crippen molar-refractivity contribution in [1.29, 1.82) is 0 Å². The number of unbranched alkanes of at least 4 members (excludes halogenated alkanes) is 4. The molecule has 3 nitrogen and oxygen atoms in total. The molecule has 0 bridgehead atoms. The molecule has 0 aromatic heterocycles. The molecule has 0 saturated carbocycles. The van der Waals surface area contributed by atoms with E-state index in [1.54, 1.807) is 0 Å². The Kier molecular flexibility index (Phi) is 8.47. The Bertz CT molecular complexity index is 242. The summed E-state index contributed by atoms with van der Waals surface area (Å²) in [5, 5.41) is 0. The van der Waals surface area contributed by atoms with Crippen LogP contribution in [0.3, 0.4) is 0 Å². The summed E-state index contributed by atoms with van der Waals surface area (Å²) in [6.45, 7) is 5.28. The third-order valence-electron chi connectivity index (χ3n) is 2.33. The summed E-state index contributed by atoms with van der Waals surface area (Å²) in [6.07, 6.45) is 6.15. The van der Waals surface area contributed by atoms with E-state index in [-0.39, 0.29) is 0 Å². The zero-order chi connectivity index (χ0) is 11.7. The van der Waals surface area contributed by atoms with Crippen LogP contribution in [0, 0.1) is 0 Å². The fraction of sp³-hybridized carbons (Fsp3) is 1.00. The molecule has 92 valence electrons. The van der Waals surface area contributed by atoms with E-state index in [1.807, 2.05) is 6.92 Å². The minimum absolute atomic E-state index is 0.550. The molecule has 0 amide bonds. The molecule has 15 heavy (non-hydrogen) atoms. The Hall–Kier alpha value is 0.200. The Morgan fingerprint density at radius 3 is 1.93 bits per heavy atom. The standard InChI is InChI=1S/C10H22ClNO2S/c1-3-5-7-8-10-12(9-6-4-2)15(11,13)14/h3-10H2,1-2H3. The second-order valence-electron chi connectivity index (χ2n) is 3.76.